The lowest BCUT2D eigenvalue weighted by atomic mass is 10.2. The van der Waals surface area contributed by atoms with Gasteiger partial charge in [0.2, 0.25) is 0 Å². The van der Waals surface area contributed by atoms with Crippen LogP contribution in [0.15, 0.2) is 34.1 Å². The number of hydrogen-bond acceptors (Lipinski definition) is 4. The summed E-state index contributed by atoms with van der Waals surface area (Å²) in [6.07, 6.45) is 2.32. The Morgan fingerprint density at radius 2 is 1.79 bits per heavy atom. The first-order valence-electron chi connectivity index (χ1n) is 6.58. The van der Waals surface area contributed by atoms with Crippen LogP contribution in [0.4, 0.5) is 0 Å². The van der Waals surface area contributed by atoms with Crippen molar-refractivity contribution in [2.45, 2.75) is 48.3 Å². The van der Waals surface area contributed by atoms with E-state index in [-0.39, 0.29) is 0 Å². The Bertz CT molecular complexity index is 483. The Hall–Kier alpha value is -0.520. The van der Waals surface area contributed by atoms with Gasteiger partial charge < -0.3 is 5.32 Å². The van der Waals surface area contributed by atoms with Crippen LogP contribution in [-0.2, 0) is 9.84 Å². The highest BCUT2D eigenvalue weighted by Gasteiger charge is 2.15. The van der Waals surface area contributed by atoms with Crippen molar-refractivity contribution in [1.82, 2.24) is 5.32 Å². The smallest absolute Gasteiger partial charge is 0.175 e. The van der Waals surface area contributed by atoms with Crippen molar-refractivity contribution in [1.29, 1.82) is 0 Å². The zero-order chi connectivity index (χ0) is 14.5. The van der Waals surface area contributed by atoms with Gasteiger partial charge in [0, 0.05) is 22.4 Å². The molecule has 1 aromatic carbocycles. The fourth-order valence-electron chi connectivity index (χ4n) is 1.97. The van der Waals surface area contributed by atoms with Crippen LogP contribution in [0.2, 0.25) is 0 Å². The predicted octanol–water partition coefficient (Wildman–Crippen LogP) is 2.96. The average molecular weight is 301 g/mol. The van der Waals surface area contributed by atoms with E-state index in [1.54, 1.807) is 23.9 Å². The van der Waals surface area contributed by atoms with Gasteiger partial charge in [-0.25, -0.2) is 8.42 Å². The fourth-order valence-corrected chi connectivity index (χ4v) is 3.77. The zero-order valence-electron chi connectivity index (χ0n) is 12.0. The summed E-state index contributed by atoms with van der Waals surface area (Å²) >= 11 is 1.78. The third-order valence-corrected chi connectivity index (χ3v) is 5.42. The number of rotatable bonds is 7. The Kier molecular flexibility index (Phi) is 6.36. The Balaban J connectivity index is 2.72. The Morgan fingerprint density at radius 3 is 2.21 bits per heavy atom. The van der Waals surface area contributed by atoms with Gasteiger partial charge in [-0.1, -0.05) is 20.8 Å². The molecule has 2 atom stereocenters. The maximum absolute atomic E-state index is 11.4. The molecule has 2 unspecified atom stereocenters. The molecule has 5 heteroatoms. The number of nitrogens with one attached hydrogen (secondary N) is 1. The maximum atomic E-state index is 11.4. The molecule has 108 valence electrons. The van der Waals surface area contributed by atoms with Crippen LogP contribution < -0.4 is 5.32 Å². The summed E-state index contributed by atoms with van der Waals surface area (Å²) in [7, 11) is -3.10. The van der Waals surface area contributed by atoms with Crippen molar-refractivity contribution >= 4 is 21.6 Å². The van der Waals surface area contributed by atoms with Gasteiger partial charge in [-0.05, 0) is 37.2 Å². The fraction of sp³-hybridized carbons (Fsp3) is 0.571. The predicted molar refractivity (Wildman–Crippen MR) is 82.6 cm³/mol. The molecule has 0 saturated carbocycles. The lowest BCUT2D eigenvalue weighted by Crippen LogP contribution is -2.35. The Labute approximate surface area is 121 Å². The standard InChI is InChI=1S/C14H23NO2S2/c1-5-14(15-6-2)11(3)18-12-7-9-13(10-8-12)19(4,16)17/h7-11,14-15H,5-6H2,1-4H3. The van der Waals surface area contributed by atoms with Crippen LogP contribution >= 0.6 is 11.8 Å². The molecule has 0 aliphatic carbocycles. The van der Waals surface area contributed by atoms with Crippen LogP contribution in [0.1, 0.15) is 27.2 Å². The van der Waals surface area contributed by atoms with E-state index in [2.05, 4.69) is 26.1 Å². The molecule has 3 nitrogen and oxygen atoms in total. The van der Waals surface area contributed by atoms with Crippen LogP contribution in [0, 0.1) is 0 Å². The van der Waals surface area contributed by atoms with E-state index in [1.807, 2.05) is 12.1 Å². The number of hydrogen-bond donors (Lipinski definition) is 1. The van der Waals surface area contributed by atoms with Crippen molar-refractivity contribution in [3.05, 3.63) is 24.3 Å². The van der Waals surface area contributed by atoms with E-state index < -0.39 is 9.84 Å². The third-order valence-electron chi connectivity index (χ3n) is 3.05. The number of sulfone groups is 1. The van der Waals surface area contributed by atoms with Crippen LogP contribution in [0.3, 0.4) is 0 Å². The minimum atomic E-state index is -3.10. The Morgan fingerprint density at radius 1 is 1.21 bits per heavy atom. The first-order chi connectivity index (χ1) is 8.88. The van der Waals surface area contributed by atoms with Gasteiger partial charge in [0.25, 0.3) is 0 Å². The summed E-state index contributed by atoms with van der Waals surface area (Å²) in [6.45, 7) is 7.46. The second kappa shape index (κ2) is 7.31. The molecule has 0 radical (unpaired) electrons. The lowest BCUT2D eigenvalue weighted by Gasteiger charge is -2.23. The van der Waals surface area contributed by atoms with E-state index in [9.17, 15) is 8.42 Å². The highest BCUT2D eigenvalue weighted by atomic mass is 32.2. The van der Waals surface area contributed by atoms with Crippen molar-refractivity contribution in [2.75, 3.05) is 12.8 Å². The molecule has 0 fully saturated rings. The number of benzene rings is 1. The van der Waals surface area contributed by atoms with E-state index in [0.29, 0.717) is 16.2 Å². The molecule has 0 aromatic heterocycles. The van der Waals surface area contributed by atoms with E-state index in [4.69, 9.17) is 0 Å². The summed E-state index contributed by atoms with van der Waals surface area (Å²) in [6, 6.07) is 7.61. The second-order valence-electron chi connectivity index (χ2n) is 4.64. The van der Waals surface area contributed by atoms with Crippen LogP contribution in [0.5, 0.6) is 0 Å². The first-order valence-corrected chi connectivity index (χ1v) is 9.35. The van der Waals surface area contributed by atoms with Gasteiger partial charge in [0.15, 0.2) is 9.84 Å². The van der Waals surface area contributed by atoms with E-state index in [0.717, 1.165) is 17.9 Å². The summed E-state index contributed by atoms with van der Waals surface area (Å²) in [5.74, 6) is 0. The SMILES string of the molecule is CCNC(CC)C(C)Sc1ccc(S(C)(=O)=O)cc1. The van der Waals surface area contributed by atoms with Crippen molar-refractivity contribution in [2.24, 2.45) is 0 Å². The number of thioether (sulfide) groups is 1. The molecule has 0 aliphatic rings. The zero-order valence-corrected chi connectivity index (χ0v) is 13.6. The average Bonchev–Trinajstić information content (AvgIpc) is 2.35. The maximum Gasteiger partial charge on any atom is 0.175 e. The molecular formula is C14H23NO2S2. The highest BCUT2D eigenvalue weighted by molar-refractivity contribution is 8.00. The van der Waals surface area contributed by atoms with Gasteiger partial charge >= 0.3 is 0 Å². The minimum Gasteiger partial charge on any atom is -0.313 e. The molecule has 1 rings (SSSR count). The monoisotopic (exact) mass is 301 g/mol. The highest BCUT2D eigenvalue weighted by Crippen LogP contribution is 2.27. The largest absolute Gasteiger partial charge is 0.313 e. The van der Waals surface area contributed by atoms with Crippen LogP contribution in [0.25, 0.3) is 0 Å². The lowest BCUT2D eigenvalue weighted by molar-refractivity contribution is 0.509. The second-order valence-corrected chi connectivity index (χ2v) is 8.11. The summed E-state index contributed by atoms with van der Waals surface area (Å²) in [5, 5.41) is 3.92. The quantitative estimate of drug-likeness (QED) is 0.787. The molecule has 0 saturated heterocycles. The third kappa shape index (κ3) is 5.16. The normalized spacial score (nSPS) is 15.2. The minimum absolute atomic E-state index is 0.378. The molecule has 0 heterocycles. The molecule has 1 N–H and O–H groups in total. The molecule has 19 heavy (non-hydrogen) atoms. The first kappa shape index (κ1) is 16.5. The van der Waals surface area contributed by atoms with Crippen molar-refractivity contribution < 1.29 is 8.42 Å². The van der Waals surface area contributed by atoms with Crippen molar-refractivity contribution in [3.8, 4) is 0 Å². The summed E-state index contributed by atoms with van der Waals surface area (Å²) in [4.78, 5) is 1.49. The van der Waals surface area contributed by atoms with Gasteiger partial charge in [-0.2, -0.15) is 0 Å². The van der Waals surface area contributed by atoms with Gasteiger partial charge in [-0.15, -0.1) is 11.8 Å². The van der Waals surface area contributed by atoms with Crippen molar-refractivity contribution in [3.63, 3.8) is 0 Å². The van der Waals surface area contributed by atoms with E-state index >= 15 is 0 Å². The molecular weight excluding hydrogens is 278 g/mol. The molecule has 1 aromatic rings. The van der Waals surface area contributed by atoms with Gasteiger partial charge in [-0.3, -0.25) is 0 Å². The van der Waals surface area contributed by atoms with E-state index in [1.165, 1.54) is 6.26 Å². The molecule has 0 aliphatic heterocycles. The molecule has 0 spiro atoms. The van der Waals surface area contributed by atoms with Gasteiger partial charge in [0.1, 0.15) is 0 Å². The topological polar surface area (TPSA) is 46.2 Å². The summed E-state index contributed by atoms with van der Waals surface area (Å²) in [5.41, 5.74) is 0. The van der Waals surface area contributed by atoms with Gasteiger partial charge in [0.05, 0.1) is 4.90 Å². The molecule has 0 bridgehead atoms. The molecule has 0 amide bonds. The summed E-state index contributed by atoms with van der Waals surface area (Å²) < 4.78 is 22.8. The van der Waals surface area contributed by atoms with Crippen LogP contribution in [-0.4, -0.2) is 32.5 Å².